The van der Waals surface area contributed by atoms with Gasteiger partial charge in [-0.15, -0.1) is 0 Å². The van der Waals surface area contributed by atoms with Gasteiger partial charge in [-0.25, -0.2) is 13.4 Å². The minimum absolute atomic E-state index is 0.0559. The lowest BCUT2D eigenvalue weighted by Gasteiger charge is -2.17. The van der Waals surface area contributed by atoms with Crippen LogP contribution in [-0.4, -0.2) is 43.7 Å². The maximum atomic E-state index is 12.6. The number of sulfonamides is 1. The Kier molecular flexibility index (Phi) is 3.56. The van der Waals surface area contributed by atoms with E-state index in [-0.39, 0.29) is 18.2 Å². The summed E-state index contributed by atoms with van der Waals surface area (Å²) in [5, 5.41) is 13.4. The van der Waals surface area contributed by atoms with Crippen molar-refractivity contribution in [1.29, 1.82) is 0 Å². The number of imidazole rings is 1. The molecule has 0 aliphatic carbocycles. The van der Waals surface area contributed by atoms with E-state index in [0.717, 1.165) is 5.69 Å². The van der Waals surface area contributed by atoms with E-state index in [2.05, 4.69) is 10.1 Å². The molecule has 3 rings (SSSR count). The lowest BCUT2D eigenvalue weighted by molar-refractivity contribution is 0.275. The summed E-state index contributed by atoms with van der Waals surface area (Å²) in [5.74, 6) is 0. The van der Waals surface area contributed by atoms with Crippen LogP contribution in [0, 0.1) is 0 Å². The van der Waals surface area contributed by atoms with Crippen molar-refractivity contribution >= 4 is 10.0 Å². The molecule has 0 atom stereocenters. The molecule has 0 saturated carbocycles. The second kappa shape index (κ2) is 5.24. The van der Waals surface area contributed by atoms with Gasteiger partial charge in [0.25, 0.3) is 10.0 Å². The lowest BCUT2D eigenvalue weighted by atomic mass is 10.3. The van der Waals surface area contributed by atoms with E-state index in [4.69, 9.17) is 5.11 Å². The number of aromatic nitrogens is 4. The first-order chi connectivity index (χ1) is 10.0. The second-order valence-electron chi connectivity index (χ2n) is 5.08. The van der Waals surface area contributed by atoms with Crippen molar-refractivity contribution in [3.8, 4) is 0 Å². The van der Waals surface area contributed by atoms with E-state index < -0.39 is 10.0 Å². The summed E-state index contributed by atoms with van der Waals surface area (Å²) in [5.41, 5.74) is 1.35. The molecule has 0 bridgehead atoms. The normalized spacial score (nSPS) is 16.7. The highest BCUT2D eigenvalue weighted by Crippen LogP contribution is 2.20. The third-order valence-corrected chi connectivity index (χ3v) is 5.21. The van der Waals surface area contributed by atoms with Crippen LogP contribution in [0.2, 0.25) is 0 Å². The molecule has 3 heterocycles. The first-order valence-electron chi connectivity index (χ1n) is 6.65. The van der Waals surface area contributed by atoms with Gasteiger partial charge in [-0.2, -0.15) is 9.40 Å². The minimum atomic E-state index is -3.61. The topological polar surface area (TPSA) is 93.3 Å². The number of fused-ring (bicyclic) bond motifs is 1. The molecule has 0 aromatic carbocycles. The monoisotopic (exact) mass is 311 g/mol. The van der Waals surface area contributed by atoms with Crippen molar-refractivity contribution in [3.63, 3.8) is 0 Å². The molecular weight excluding hydrogens is 294 g/mol. The summed E-state index contributed by atoms with van der Waals surface area (Å²) >= 11 is 0. The second-order valence-corrected chi connectivity index (χ2v) is 6.96. The summed E-state index contributed by atoms with van der Waals surface area (Å²) < 4.78 is 30.0. The molecule has 9 heteroatoms. The fourth-order valence-corrected chi connectivity index (χ4v) is 3.85. The highest BCUT2D eigenvalue weighted by atomic mass is 32.2. The molecule has 0 spiro atoms. The minimum Gasteiger partial charge on any atom is -0.390 e. The largest absolute Gasteiger partial charge is 0.390 e. The van der Waals surface area contributed by atoms with Crippen LogP contribution in [0.15, 0.2) is 23.6 Å². The summed E-state index contributed by atoms with van der Waals surface area (Å²) in [6.45, 7) is 1.17. The van der Waals surface area contributed by atoms with Crippen LogP contribution in [-0.2, 0) is 36.8 Å². The average molecular weight is 311 g/mol. The molecule has 0 saturated heterocycles. The van der Waals surface area contributed by atoms with Gasteiger partial charge in [0.05, 0.1) is 30.9 Å². The number of aryl methyl sites for hydroxylation is 2. The molecule has 8 nitrogen and oxygen atoms in total. The van der Waals surface area contributed by atoms with Crippen molar-refractivity contribution in [3.05, 3.63) is 30.0 Å². The Morgan fingerprint density at radius 2 is 2.19 bits per heavy atom. The maximum Gasteiger partial charge on any atom is 0.262 e. The van der Waals surface area contributed by atoms with E-state index in [1.165, 1.54) is 16.8 Å². The molecule has 1 N–H and O–H groups in total. The van der Waals surface area contributed by atoms with Crippen LogP contribution in [0.1, 0.15) is 17.8 Å². The van der Waals surface area contributed by atoms with Crippen LogP contribution in [0.25, 0.3) is 0 Å². The first kappa shape index (κ1) is 14.2. The third kappa shape index (κ3) is 2.59. The molecule has 0 radical (unpaired) electrons. The predicted molar refractivity (Wildman–Crippen MR) is 73.6 cm³/mol. The summed E-state index contributed by atoms with van der Waals surface area (Å²) in [4.78, 5) is 3.94. The molecular formula is C12H17N5O3S. The molecule has 21 heavy (non-hydrogen) atoms. The Hall–Kier alpha value is -1.71. The number of rotatable bonds is 3. The van der Waals surface area contributed by atoms with Gasteiger partial charge in [-0.3, -0.25) is 4.68 Å². The predicted octanol–water partition coefficient (Wildman–Crippen LogP) is -0.297. The van der Waals surface area contributed by atoms with E-state index in [1.807, 2.05) is 0 Å². The van der Waals surface area contributed by atoms with Gasteiger partial charge in [-0.05, 0) is 12.5 Å². The van der Waals surface area contributed by atoms with Gasteiger partial charge >= 0.3 is 0 Å². The fraction of sp³-hybridized carbons (Fsp3) is 0.500. The summed E-state index contributed by atoms with van der Waals surface area (Å²) in [6.07, 6.45) is 3.64. The maximum absolute atomic E-state index is 12.6. The van der Waals surface area contributed by atoms with Crippen LogP contribution in [0.5, 0.6) is 0 Å². The zero-order valence-corrected chi connectivity index (χ0v) is 12.5. The van der Waals surface area contributed by atoms with Gasteiger partial charge < -0.3 is 9.67 Å². The van der Waals surface area contributed by atoms with Gasteiger partial charge in [0, 0.05) is 26.3 Å². The van der Waals surface area contributed by atoms with Gasteiger partial charge in [0.1, 0.15) is 0 Å². The number of aliphatic hydroxyl groups excluding tert-OH is 1. The molecule has 0 unspecified atom stereocenters. The van der Waals surface area contributed by atoms with Crippen molar-refractivity contribution in [2.45, 2.75) is 31.1 Å². The quantitative estimate of drug-likeness (QED) is 0.840. The lowest BCUT2D eigenvalue weighted by Crippen LogP contribution is -2.31. The van der Waals surface area contributed by atoms with Gasteiger partial charge in [-0.1, -0.05) is 0 Å². The Bertz CT molecular complexity index is 749. The number of hydrogen-bond donors (Lipinski definition) is 1. The third-order valence-electron chi connectivity index (χ3n) is 3.48. The van der Waals surface area contributed by atoms with Gasteiger partial charge in [0.15, 0.2) is 5.03 Å². The molecule has 1 aliphatic heterocycles. The highest BCUT2D eigenvalue weighted by Gasteiger charge is 2.29. The van der Waals surface area contributed by atoms with Crippen molar-refractivity contribution < 1.29 is 13.5 Å². The summed E-state index contributed by atoms with van der Waals surface area (Å²) in [7, 11) is -1.87. The van der Waals surface area contributed by atoms with Gasteiger partial charge in [0.2, 0.25) is 0 Å². The molecule has 0 amide bonds. The Labute approximate surface area is 122 Å². The van der Waals surface area contributed by atoms with E-state index in [1.54, 1.807) is 22.4 Å². The van der Waals surface area contributed by atoms with E-state index in [0.29, 0.717) is 25.2 Å². The zero-order chi connectivity index (χ0) is 15.0. The molecule has 0 fully saturated rings. The van der Waals surface area contributed by atoms with Crippen molar-refractivity contribution in [2.24, 2.45) is 7.05 Å². The number of hydrogen-bond acceptors (Lipinski definition) is 5. The number of nitrogens with zero attached hydrogens (tertiary/aromatic N) is 5. The average Bonchev–Trinajstić information content (AvgIpc) is 3.00. The summed E-state index contributed by atoms with van der Waals surface area (Å²) in [6, 6.07) is 1.74. The van der Waals surface area contributed by atoms with Crippen LogP contribution in [0.4, 0.5) is 0 Å². The molecule has 114 valence electrons. The Morgan fingerprint density at radius 1 is 1.38 bits per heavy atom. The van der Waals surface area contributed by atoms with Crippen LogP contribution >= 0.6 is 0 Å². The standard InChI is InChI=1S/C12H17N5O3S/c1-15-7-12(13-9-15)21(19,20)16-3-2-4-17-11(6-16)5-10(8-18)14-17/h5,7,9,18H,2-4,6,8H2,1H3. The van der Waals surface area contributed by atoms with E-state index in [9.17, 15) is 8.42 Å². The Balaban J connectivity index is 1.92. The van der Waals surface area contributed by atoms with Crippen molar-refractivity contribution in [1.82, 2.24) is 23.6 Å². The molecule has 1 aliphatic rings. The number of aliphatic hydroxyl groups is 1. The highest BCUT2D eigenvalue weighted by molar-refractivity contribution is 7.89. The Morgan fingerprint density at radius 3 is 2.86 bits per heavy atom. The zero-order valence-electron chi connectivity index (χ0n) is 11.7. The SMILES string of the molecule is Cn1cnc(S(=O)(=O)N2CCCn3nc(CO)cc3C2)c1. The molecule has 2 aromatic heterocycles. The first-order valence-corrected chi connectivity index (χ1v) is 8.09. The van der Waals surface area contributed by atoms with E-state index >= 15 is 0 Å². The smallest absolute Gasteiger partial charge is 0.262 e. The van der Waals surface area contributed by atoms with Crippen LogP contribution < -0.4 is 0 Å². The molecule has 2 aromatic rings. The fourth-order valence-electron chi connectivity index (χ4n) is 2.43. The van der Waals surface area contributed by atoms with Crippen LogP contribution in [0.3, 0.4) is 0 Å². The van der Waals surface area contributed by atoms with Crippen molar-refractivity contribution in [2.75, 3.05) is 6.54 Å².